The van der Waals surface area contributed by atoms with Crippen molar-refractivity contribution in [2.24, 2.45) is 0 Å². The molecule has 1 aromatic rings. The van der Waals surface area contributed by atoms with Gasteiger partial charge in [0.1, 0.15) is 0 Å². The number of hydrogen-bond acceptors (Lipinski definition) is 2. The molecule has 0 aliphatic rings. The molecule has 78 valence electrons. The summed E-state index contributed by atoms with van der Waals surface area (Å²) in [7, 11) is 0. The summed E-state index contributed by atoms with van der Waals surface area (Å²) in [6, 6.07) is 3.30. The molecule has 14 heavy (non-hydrogen) atoms. The van der Waals surface area contributed by atoms with Crippen LogP contribution in [-0.2, 0) is 0 Å². The van der Waals surface area contributed by atoms with Crippen molar-refractivity contribution >= 4 is 29.1 Å². The molecule has 1 rings (SSSR count). The minimum atomic E-state index is -0.170. The number of amides is 1. The first-order valence-electron chi connectivity index (χ1n) is 4.24. The molecule has 0 saturated carbocycles. The third-order valence-corrected chi connectivity index (χ3v) is 2.07. The highest BCUT2D eigenvalue weighted by molar-refractivity contribution is 6.18. The van der Waals surface area contributed by atoms with Crippen molar-refractivity contribution in [1.29, 1.82) is 0 Å². The first-order chi connectivity index (χ1) is 6.79. The Labute approximate surface area is 92.6 Å². The van der Waals surface area contributed by atoms with Crippen LogP contribution in [0.3, 0.4) is 0 Å². The lowest BCUT2D eigenvalue weighted by Gasteiger charge is -2.18. The molecule has 1 aromatic heterocycles. The van der Waals surface area contributed by atoms with Crippen molar-refractivity contribution in [2.75, 3.05) is 24.8 Å². The van der Waals surface area contributed by atoms with Gasteiger partial charge in [-0.05, 0) is 12.1 Å². The fourth-order valence-electron chi connectivity index (χ4n) is 1.08. The molecular formula is C9H11Cl2NO2. The zero-order chi connectivity index (χ0) is 10.4. The summed E-state index contributed by atoms with van der Waals surface area (Å²) in [5.74, 6) is 0.934. The Bertz CT molecular complexity index is 268. The van der Waals surface area contributed by atoms with E-state index in [1.165, 1.54) is 6.26 Å². The van der Waals surface area contributed by atoms with E-state index in [4.69, 9.17) is 27.6 Å². The van der Waals surface area contributed by atoms with Crippen LogP contribution in [0.4, 0.5) is 0 Å². The van der Waals surface area contributed by atoms with Crippen LogP contribution < -0.4 is 0 Å². The summed E-state index contributed by atoms with van der Waals surface area (Å²) >= 11 is 11.1. The van der Waals surface area contributed by atoms with Gasteiger partial charge in [-0.1, -0.05) is 0 Å². The Balaban J connectivity index is 2.63. The predicted molar refractivity (Wildman–Crippen MR) is 56.1 cm³/mol. The molecule has 1 heterocycles. The SMILES string of the molecule is O=C(c1ccco1)N(CCCl)CCCl. The average molecular weight is 236 g/mol. The molecule has 0 unspecified atom stereocenters. The maximum absolute atomic E-state index is 11.7. The molecule has 0 fully saturated rings. The second-order valence-electron chi connectivity index (χ2n) is 2.65. The van der Waals surface area contributed by atoms with E-state index in [0.29, 0.717) is 30.6 Å². The molecule has 0 atom stereocenters. The van der Waals surface area contributed by atoms with Crippen LogP contribution in [0.5, 0.6) is 0 Å². The van der Waals surface area contributed by atoms with Crippen LogP contribution in [0.25, 0.3) is 0 Å². The standard InChI is InChI=1S/C9H11Cl2NO2/c10-3-5-12(6-4-11)9(13)8-2-1-7-14-8/h1-2,7H,3-6H2. The van der Waals surface area contributed by atoms with Crippen LogP contribution in [-0.4, -0.2) is 35.7 Å². The summed E-state index contributed by atoms with van der Waals surface area (Å²) < 4.78 is 4.99. The number of carbonyl (C=O) groups excluding carboxylic acids is 1. The fourth-order valence-corrected chi connectivity index (χ4v) is 1.48. The second-order valence-corrected chi connectivity index (χ2v) is 3.40. The van der Waals surface area contributed by atoms with Gasteiger partial charge in [0.15, 0.2) is 5.76 Å². The maximum Gasteiger partial charge on any atom is 0.289 e. The van der Waals surface area contributed by atoms with Gasteiger partial charge >= 0.3 is 0 Å². The molecule has 0 saturated heterocycles. The zero-order valence-corrected chi connectivity index (χ0v) is 9.09. The van der Waals surface area contributed by atoms with E-state index in [1.54, 1.807) is 17.0 Å². The van der Waals surface area contributed by atoms with Gasteiger partial charge in [-0.15, -0.1) is 23.2 Å². The molecule has 0 aliphatic heterocycles. The summed E-state index contributed by atoms with van der Waals surface area (Å²) in [6.45, 7) is 0.960. The fraction of sp³-hybridized carbons (Fsp3) is 0.444. The smallest absolute Gasteiger partial charge is 0.289 e. The first-order valence-corrected chi connectivity index (χ1v) is 5.31. The maximum atomic E-state index is 11.7. The largest absolute Gasteiger partial charge is 0.459 e. The third-order valence-electron chi connectivity index (χ3n) is 1.73. The van der Waals surface area contributed by atoms with Crippen molar-refractivity contribution in [2.45, 2.75) is 0 Å². The Morgan fingerprint density at radius 3 is 2.43 bits per heavy atom. The number of halogens is 2. The Morgan fingerprint density at radius 2 is 2.00 bits per heavy atom. The van der Waals surface area contributed by atoms with Gasteiger partial charge < -0.3 is 9.32 Å². The number of nitrogens with zero attached hydrogens (tertiary/aromatic N) is 1. The lowest BCUT2D eigenvalue weighted by molar-refractivity contribution is 0.0743. The Hall–Kier alpha value is -0.670. The number of hydrogen-bond donors (Lipinski definition) is 0. The molecule has 0 aliphatic carbocycles. The van der Waals surface area contributed by atoms with Crippen LogP contribution in [0.1, 0.15) is 10.6 Å². The van der Waals surface area contributed by atoms with E-state index in [1.807, 2.05) is 0 Å². The molecule has 0 bridgehead atoms. The lowest BCUT2D eigenvalue weighted by atomic mass is 10.3. The van der Waals surface area contributed by atoms with Crippen LogP contribution >= 0.6 is 23.2 Å². The van der Waals surface area contributed by atoms with Crippen molar-refractivity contribution < 1.29 is 9.21 Å². The second kappa shape index (κ2) is 5.94. The number of rotatable bonds is 5. The van der Waals surface area contributed by atoms with Gasteiger partial charge in [-0.2, -0.15) is 0 Å². The summed E-state index contributed by atoms with van der Waals surface area (Å²) in [5.41, 5.74) is 0. The molecule has 0 aromatic carbocycles. The van der Waals surface area contributed by atoms with Crippen molar-refractivity contribution in [3.8, 4) is 0 Å². The van der Waals surface area contributed by atoms with E-state index in [9.17, 15) is 4.79 Å². The van der Waals surface area contributed by atoms with E-state index in [0.717, 1.165) is 0 Å². The van der Waals surface area contributed by atoms with Crippen molar-refractivity contribution in [3.63, 3.8) is 0 Å². The van der Waals surface area contributed by atoms with Gasteiger partial charge in [0.25, 0.3) is 5.91 Å². The first kappa shape index (κ1) is 11.4. The topological polar surface area (TPSA) is 33.5 Å². The monoisotopic (exact) mass is 235 g/mol. The van der Waals surface area contributed by atoms with Crippen LogP contribution in [0.15, 0.2) is 22.8 Å². The zero-order valence-electron chi connectivity index (χ0n) is 7.58. The Kier molecular flexibility index (Phi) is 4.84. The minimum absolute atomic E-state index is 0.170. The van der Waals surface area contributed by atoms with Gasteiger partial charge in [-0.3, -0.25) is 4.79 Å². The Morgan fingerprint density at radius 1 is 1.36 bits per heavy atom. The van der Waals surface area contributed by atoms with E-state index >= 15 is 0 Å². The normalized spacial score (nSPS) is 10.1. The number of carbonyl (C=O) groups is 1. The molecule has 0 spiro atoms. The minimum Gasteiger partial charge on any atom is -0.459 e. The molecular weight excluding hydrogens is 225 g/mol. The van der Waals surface area contributed by atoms with Crippen LogP contribution in [0, 0.1) is 0 Å². The predicted octanol–water partition coefficient (Wildman–Crippen LogP) is 2.20. The van der Waals surface area contributed by atoms with E-state index in [-0.39, 0.29) is 5.91 Å². The van der Waals surface area contributed by atoms with Gasteiger partial charge in [-0.25, -0.2) is 0 Å². The number of alkyl halides is 2. The highest BCUT2D eigenvalue weighted by Gasteiger charge is 2.16. The van der Waals surface area contributed by atoms with E-state index in [2.05, 4.69) is 0 Å². The highest BCUT2D eigenvalue weighted by Crippen LogP contribution is 2.06. The van der Waals surface area contributed by atoms with Crippen molar-refractivity contribution in [1.82, 2.24) is 4.90 Å². The van der Waals surface area contributed by atoms with E-state index < -0.39 is 0 Å². The van der Waals surface area contributed by atoms with Gasteiger partial charge in [0.05, 0.1) is 6.26 Å². The summed E-state index contributed by atoms with van der Waals surface area (Å²) in [4.78, 5) is 13.3. The molecule has 3 nitrogen and oxygen atoms in total. The number of furan rings is 1. The van der Waals surface area contributed by atoms with Gasteiger partial charge in [0, 0.05) is 24.8 Å². The van der Waals surface area contributed by atoms with Crippen LogP contribution in [0.2, 0.25) is 0 Å². The summed E-state index contributed by atoms with van der Waals surface area (Å²) in [5, 5.41) is 0. The summed E-state index contributed by atoms with van der Waals surface area (Å²) in [6.07, 6.45) is 1.47. The molecule has 1 amide bonds. The third kappa shape index (κ3) is 2.93. The molecule has 5 heteroatoms. The lowest BCUT2D eigenvalue weighted by Crippen LogP contribution is -2.34. The average Bonchev–Trinajstić information content (AvgIpc) is 2.69. The highest BCUT2D eigenvalue weighted by atomic mass is 35.5. The molecule has 0 N–H and O–H groups in total. The quantitative estimate of drug-likeness (QED) is 0.734. The van der Waals surface area contributed by atoms with Crippen molar-refractivity contribution in [3.05, 3.63) is 24.2 Å². The molecule has 0 radical (unpaired) electrons. The van der Waals surface area contributed by atoms with Gasteiger partial charge in [0.2, 0.25) is 0 Å².